The van der Waals surface area contributed by atoms with Crippen molar-refractivity contribution >= 4 is 0 Å². The highest BCUT2D eigenvalue weighted by atomic mass is 19.3. The molecule has 0 heterocycles. The van der Waals surface area contributed by atoms with E-state index in [0.29, 0.717) is 5.75 Å². The minimum atomic E-state index is -2.48. The molecule has 0 bridgehead atoms. The zero-order valence-corrected chi connectivity index (χ0v) is 8.84. The van der Waals surface area contributed by atoms with E-state index in [-0.39, 0.29) is 6.61 Å². The van der Waals surface area contributed by atoms with Gasteiger partial charge in [0.05, 0.1) is 0 Å². The van der Waals surface area contributed by atoms with Gasteiger partial charge in [-0.1, -0.05) is 11.8 Å². The standard InChI is InChI=1S/C12H12F2O2/c1-9-7-11(16-8-12(13)14)5-4-10(9)3-2-6-15/h4-5,7,12,15H,6,8H2,1H3. The van der Waals surface area contributed by atoms with Gasteiger partial charge in [0.15, 0.2) is 0 Å². The summed E-state index contributed by atoms with van der Waals surface area (Å²) < 4.78 is 28.6. The van der Waals surface area contributed by atoms with Gasteiger partial charge in [0.2, 0.25) is 0 Å². The third-order valence-electron chi connectivity index (χ3n) is 1.88. The largest absolute Gasteiger partial charge is 0.488 e. The zero-order chi connectivity index (χ0) is 12.0. The summed E-state index contributed by atoms with van der Waals surface area (Å²) in [5, 5.41) is 8.54. The van der Waals surface area contributed by atoms with Crippen molar-refractivity contribution in [1.82, 2.24) is 0 Å². The van der Waals surface area contributed by atoms with E-state index in [2.05, 4.69) is 11.8 Å². The average molecular weight is 226 g/mol. The number of aliphatic hydroxyl groups excluding tert-OH is 1. The number of rotatable bonds is 3. The van der Waals surface area contributed by atoms with Crippen LogP contribution in [0.2, 0.25) is 0 Å². The van der Waals surface area contributed by atoms with E-state index in [1.807, 2.05) is 0 Å². The van der Waals surface area contributed by atoms with Crippen LogP contribution >= 0.6 is 0 Å². The smallest absolute Gasteiger partial charge is 0.272 e. The van der Waals surface area contributed by atoms with Crippen LogP contribution in [0.3, 0.4) is 0 Å². The number of alkyl halides is 2. The fourth-order valence-corrected chi connectivity index (χ4v) is 1.16. The molecule has 0 atom stereocenters. The highest BCUT2D eigenvalue weighted by Gasteiger charge is 2.04. The molecular weight excluding hydrogens is 214 g/mol. The van der Waals surface area contributed by atoms with Crippen LogP contribution in [0.5, 0.6) is 5.75 Å². The van der Waals surface area contributed by atoms with Gasteiger partial charge >= 0.3 is 0 Å². The lowest BCUT2D eigenvalue weighted by Crippen LogP contribution is -2.07. The highest BCUT2D eigenvalue weighted by molar-refractivity contribution is 5.44. The molecule has 0 saturated heterocycles. The quantitative estimate of drug-likeness (QED) is 0.798. The van der Waals surface area contributed by atoms with E-state index < -0.39 is 13.0 Å². The van der Waals surface area contributed by atoms with Crippen LogP contribution in [0.25, 0.3) is 0 Å². The van der Waals surface area contributed by atoms with E-state index in [9.17, 15) is 8.78 Å². The van der Waals surface area contributed by atoms with E-state index in [0.717, 1.165) is 11.1 Å². The molecule has 1 rings (SSSR count). The van der Waals surface area contributed by atoms with Crippen LogP contribution in [0.1, 0.15) is 11.1 Å². The van der Waals surface area contributed by atoms with Crippen LogP contribution in [-0.4, -0.2) is 24.7 Å². The maximum absolute atomic E-state index is 11.9. The van der Waals surface area contributed by atoms with E-state index in [1.54, 1.807) is 25.1 Å². The van der Waals surface area contributed by atoms with Gasteiger partial charge in [-0.25, -0.2) is 8.78 Å². The Morgan fingerprint density at radius 2 is 2.19 bits per heavy atom. The van der Waals surface area contributed by atoms with Crippen LogP contribution in [0, 0.1) is 18.8 Å². The fraction of sp³-hybridized carbons (Fsp3) is 0.333. The zero-order valence-electron chi connectivity index (χ0n) is 8.84. The summed E-state index contributed by atoms with van der Waals surface area (Å²) >= 11 is 0. The second-order valence-corrected chi connectivity index (χ2v) is 3.14. The maximum atomic E-state index is 11.9. The van der Waals surface area contributed by atoms with Gasteiger partial charge in [0.1, 0.15) is 19.0 Å². The number of halogens is 2. The van der Waals surface area contributed by atoms with Gasteiger partial charge in [0.25, 0.3) is 6.43 Å². The molecule has 16 heavy (non-hydrogen) atoms. The molecule has 0 unspecified atom stereocenters. The lowest BCUT2D eigenvalue weighted by atomic mass is 10.1. The predicted octanol–water partition coefficient (Wildman–Crippen LogP) is 1.98. The second kappa shape index (κ2) is 6.09. The van der Waals surface area contributed by atoms with Crippen molar-refractivity contribution in [2.75, 3.05) is 13.2 Å². The van der Waals surface area contributed by atoms with Gasteiger partial charge in [-0.3, -0.25) is 0 Å². The van der Waals surface area contributed by atoms with Crippen LogP contribution < -0.4 is 4.74 Å². The predicted molar refractivity (Wildman–Crippen MR) is 56.6 cm³/mol. The Labute approximate surface area is 92.9 Å². The van der Waals surface area contributed by atoms with Crippen molar-refractivity contribution in [2.24, 2.45) is 0 Å². The van der Waals surface area contributed by atoms with Crippen molar-refractivity contribution in [3.05, 3.63) is 29.3 Å². The molecule has 1 aromatic carbocycles. The number of aryl methyl sites for hydroxylation is 1. The average Bonchev–Trinajstić information content (AvgIpc) is 2.25. The number of hydrogen-bond acceptors (Lipinski definition) is 2. The Balaban J connectivity index is 2.74. The van der Waals surface area contributed by atoms with Crippen LogP contribution in [-0.2, 0) is 0 Å². The van der Waals surface area contributed by atoms with Gasteiger partial charge in [-0.05, 0) is 30.7 Å². The molecule has 0 aliphatic rings. The molecule has 0 radical (unpaired) electrons. The highest BCUT2D eigenvalue weighted by Crippen LogP contribution is 2.17. The Bertz CT molecular complexity index is 405. The molecule has 0 amide bonds. The van der Waals surface area contributed by atoms with Crippen molar-refractivity contribution in [1.29, 1.82) is 0 Å². The number of benzene rings is 1. The Morgan fingerprint density at radius 1 is 1.44 bits per heavy atom. The summed E-state index contributed by atoms with van der Waals surface area (Å²) in [7, 11) is 0. The Kier molecular flexibility index (Phi) is 4.74. The third-order valence-corrected chi connectivity index (χ3v) is 1.88. The summed E-state index contributed by atoms with van der Waals surface area (Å²) in [5.41, 5.74) is 1.58. The van der Waals surface area contributed by atoms with Gasteiger partial charge in [-0.2, -0.15) is 0 Å². The van der Waals surface area contributed by atoms with E-state index in [4.69, 9.17) is 9.84 Å². The summed E-state index contributed by atoms with van der Waals surface area (Å²) in [5.74, 6) is 5.67. The molecule has 1 aromatic rings. The Hall–Kier alpha value is -1.60. The monoisotopic (exact) mass is 226 g/mol. The topological polar surface area (TPSA) is 29.5 Å². The number of aliphatic hydroxyl groups is 1. The van der Waals surface area contributed by atoms with E-state index in [1.165, 1.54) is 0 Å². The molecule has 0 fully saturated rings. The molecular formula is C12H12F2O2. The van der Waals surface area contributed by atoms with Gasteiger partial charge in [0, 0.05) is 5.56 Å². The lowest BCUT2D eigenvalue weighted by molar-refractivity contribution is 0.0819. The third kappa shape index (κ3) is 3.87. The van der Waals surface area contributed by atoms with Crippen molar-refractivity contribution in [3.8, 4) is 17.6 Å². The maximum Gasteiger partial charge on any atom is 0.272 e. The first-order chi connectivity index (χ1) is 7.63. The van der Waals surface area contributed by atoms with E-state index >= 15 is 0 Å². The summed E-state index contributed by atoms with van der Waals surface area (Å²) in [4.78, 5) is 0. The Morgan fingerprint density at radius 3 is 2.75 bits per heavy atom. The van der Waals surface area contributed by atoms with Crippen molar-refractivity contribution in [2.45, 2.75) is 13.3 Å². The SMILES string of the molecule is Cc1cc(OCC(F)F)ccc1C#CCO. The molecule has 0 aliphatic heterocycles. The number of hydrogen-bond donors (Lipinski definition) is 1. The minimum absolute atomic E-state index is 0.205. The van der Waals surface area contributed by atoms with Crippen LogP contribution in [0.15, 0.2) is 18.2 Å². The van der Waals surface area contributed by atoms with Gasteiger partial charge in [-0.15, -0.1) is 0 Å². The normalized spacial score (nSPS) is 9.81. The molecule has 2 nitrogen and oxygen atoms in total. The summed E-state index contributed by atoms with van der Waals surface area (Å²) in [6.45, 7) is 0.987. The molecule has 4 heteroatoms. The minimum Gasteiger partial charge on any atom is -0.488 e. The second-order valence-electron chi connectivity index (χ2n) is 3.14. The van der Waals surface area contributed by atoms with Crippen LogP contribution in [0.4, 0.5) is 8.78 Å². The molecule has 1 N–H and O–H groups in total. The van der Waals surface area contributed by atoms with Gasteiger partial charge < -0.3 is 9.84 Å². The first-order valence-corrected chi connectivity index (χ1v) is 4.75. The first kappa shape index (κ1) is 12.5. The molecule has 0 aromatic heterocycles. The summed E-state index contributed by atoms with van der Waals surface area (Å²) in [6, 6.07) is 4.90. The first-order valence-electron chi connectivity index (χ1n) is 4.75. The molecule has 0 saturated carbocycles. The lowest BCUT2D eigenvalue weighted by Gasteiger charge is -2.06. The molecule has 0 aliphatic carbocycles. The molecule has 86 valence electrons. The fourth-order valence-electron chi connectivity index (χ4n) is 1.16. The van der Waals surface area contributed by atoms with Crippen molar-refractivity contribution in [3.63, 3.8) is 0 Å². The van der Waals surface area contributed by atoms with Crippen molar-refractivity contribution < 1.29 is 18.6 Å². The number of ether oxygens (including phenoxy) is 1. The summed E-state index contributed by atoms with van der Waals surface area (Å²) in [6.07, 6.45) is -2.48. The molecule has 0 spiro atoms.